The van der Waals surface area contributed by atoms with Gasteiger partial charge >= 0.3 is 6.03 Å². The fraction of sp³-hybridized carbons (Fsp3) is 0.385. The summed E-state index contributed by atoms with van der Waals surface area (Å²) in [5, 5.41) is 0. The van der Waals surface area contributed by atoms with E-state index < -0.39 is 0 Å². The molecule has 2 amide bonds. The maximum Gasteiger partial charge on any atom is 0.315 e. The number of hydrogen-bond donors (Lipinski definition) is 1. The summed E-state index contributed by atoms with van der Waals surface area (Å²) in [7, 11) is 0. The Kier molecular flexibility index (Phi) is 3.42. The molecule has 0 atom stereocenters. The normalized spacial score (nSPS) is 15.6. The van der Waals surface area contributed by atoms with Crippen molar-refractivity contribution in [1.29, 1.82) is 0 Å². The van der Waals surface area contributed by atoms with Crippen molar-refractivity contribution in [2.45, 2.75) is 19.8 Å². The Morgan fingerprint density at radius 1 is 1.53 bits per heavy atom. The Hall–Kier alpha value is -1.84. The number of hydrogen-bond acceptors (Lipinski definition) is 2. The number of nitrogens with two attached hydrogens (primary N) is 1. The van der Waals surface area contributed by atoms with Crippen molar-refractivity contribution in [3.05, 3.63) is 35.7 Å². The van der Waals surface area contributed by atoms with Crippen molar-refractivity contribution in [1.82, 2.24) is 9.88 Å². The van der Waals surface area contributed by atoms with Crippen LogP contribution in [0.15, 0.2) is 24.4 Å². The van der Waals surface area contributed by atoms with Gasteiger partial charge in [-0.1, -0.05) is 19.1 Å². The SMILES string of the molecule is CCc1ccc(C2=CCN(C(N)=O)CC2)nc1. The number of carbonyl (C=O) groups excluding carboxylic acids is 1. The number of rotatable bonds is 2. The Balaban J connectivity index is 2.10. The van der Waals surface area contributed by atoms with Crippen molar-refractivity contribution in [3.63, 3.8) is 0 Å². The molecule has 1 aromatic heterocycles. The first-order valence-electron chi connectivity index (χ1n) is 5.89. The van der Waals surface area contributed by atoms with Gasteiger partial charge in [0.2, 0.25) is 0 Å². The molecular weight excluding hydrogens is 214 g/mol. The van der Waals surface area contributed by atoms with Crippen molar-refractivity contribution in [3.8, 4) is 0 Å². The molecule has 4 heteroatoms. The molecule has 0 unspecified atom stereocenters. The number of carbonyl (C=O) groups is 1. The molecule has 0 spiro atoms. The average molecular weight is 231 g/mol. The van der Waals surface area contributed by atoms with Gasteiger partial charge in [-0.3, -0.25) is 4.98 Å². The summed E-state index contributed by atoms with van der Waals surface area (Å²) < 4.78 is 0. The molecule has 1 aliphatic rings. The standard InChI is InChI=1S/C13H17N3O/c1-2-10-3-4-12(15-9-10)11-5-7-16(8-6-11)13(14)17/h3-5,9H,2,6-8H2,1H3,(H2,14,17). The van der Waals surface area contributed by atoms with Crippen LogP contribution < -0.4 is 5.73 Å². The van der Waals surface area contributed by atoms with E-state index in [0.29, 0.717) is 13.1 Å². The maximum absolute atomic E-state index is 11.0. The predicted molar refractivity (Wildman–Crippen MR) is 67.4 cm³/mol. The summed E-state index contributed by atoms with van der Waals surface area (Å²) in [5.74, 6) is 0. The summed E-state index contributed by atoms with van der Waals surface area (Å²) in [6.07, 6.45) is 5.77. The average Bonchev–Trinajstić information content (AvgIpc) is 2.39. The number of urea groups is 1. The lowest BCUT2D eigenvalue weighted by molar-refractivity contribution is 0.213. The third-order valence-corrected chi connectivity index (χ3v) is 3.08. The van der Waals surface area contributed by atoms with Gasteiger partial charge in [0.1, 0.15) is 0 Å². The quantitative estimate of drug-likeness (QED) is 0.843. The smallest absolute Gasteiger partial charge is 0.315 e. The van der Waals surface area contributed by atoms with Gasteiger partial charge in [0, 0.05) is 19.3 Å². The first-order valence-corrected chi connectivity index (χ1v) is 5.89. The third kappa shape index (κ3) is 2.64. The summed E-state index contributed by atoms with van der Waals surface area (Å²) in [4.78, 5) is 17.1. The van der Waals surface area contributed by atoms with Crippen LogP contribution in [0, 0.1) is 0 Å². The second kappa shape index (κ2) is 4.99. The number of pyridine rings is 1. The first kappa shape index (κ1) is 11.6. The van der Waals surface area contributed by atoms with Gasteiger partial charge in [0.05, 0.1) is 5.69 Å². The highest BCUT2D eigenvalue weighted by Gasteiger charge is 2.15. The first-order chi connectivity index (χ1) is 8.20. The Morgan fingerprint density at radius 2 is 2.35 bits per heavy atom. The minimum atomic E-state index is -0.352. The molecule has 90 valence electrons. The van der Waals surface area contributed by atoms with Crippen LogP contribution in [0.3, 0.4) is 0 Å². The molecule has 0 fully saturated rings. The van der Waals surface area contributed by atoms with E-state index in [1.807, 2.05) is 18.3 Å². The van der Waals surface area contributed by atoms with E-state index in [-0.39, 0.29) is 6.03 Å². The number of amides is 2. The molecule has 2 rings (SSSR count). The molecule has 2 heterocycles. The van der Waals surface area contributed by atoms with Crippen LogP contribution >= 0.6 is 0 Å². The third-order valence-electron chi connectivity index (χ3n) is 3.08. The van der Waals surface area contributed by atoms with Crippen LogP contribution in [0.5, 0.6) is 0 Å². The number of aryl methyl sites for hydroxylation is 1. The molecule has 0 saturated carbocycles. The van der Waals surface area contributed by atoms with E-state index >= 15 is 0 Å². The summed E-state index contributed by atoms with van der Waals surface area (Å²) in [6.45, 7) is 3.38. The highest BCUT2D eigenvalue weighted by molar-refractivity contribution is 5.74. The minimum absolute atomic E-state index is 0.352. The van der Waals surface area contributed by atoms with Crippen LogP contribution in [0.25, 0.3) is 5.57 Å². The topological polar surface area (TPSA) is 59.2 Å². The minimum Gasteiger partial charge on any atom is -0.351 e. The van der Waals surface area contributed by atoms with E-state index in [1.165, 1.54) is 11.1 Å². The zero-order chi connectivity index (χ0) is 12.3. The second-order valence-corrected chi connectivity index (χ2v) is 4.17. The van der Waals surface area contributed by atoms with E-state index in [9.17, 15) is 4.79 Å². The molecule has 1 aromatic rings. The molecule has 4 nitrogen and oxygen atoms in total. The molecule has 1 aliphatic heterocycles. The number of nitrogens with zero attached hydrogens (tertiary/aromatic N) is 2. The van der Waals surface area contributed by atoms with Gasteiger partial charge in [-0.2, -0.15) is 0 Å². The lowest BCUT2D eigenvalue weighted by atomic mass is 10.0. The van der Waals surface area contributed by atoms with E-state index in [1.54, 1.807) is 4.90 Å². The predicted octanol–water partition coefficient (Wildman–Crippen LogP) is 1.81. The maximum atomic E-state index is 11.0. The van der Waals surface area contributed by atoms with Gasteiger partial charge in [-0.05, 0) is 30.0 Å². The monoisotopic (exact) mass is 231 g/mol. The lowest BCUT2D eigenvalue weighted by Crippen LogP contribution is -2.38. The summed E-state index contributed by atoms with van der Waals surface area (Å²) >= 11 is 0. The van der Waals surface area contributed by atoms with Gasteiger partial charge in [0.25, 0.3) is 0 Å². The fourth-order valence-corrected chi connectivity index (χ4v) is 1.93. The van der Waals surface area contributed by atoms with Crippen molar-refractivity contribution in [2.24, 2.45) is 5.73 Å². The highest BCUT2D eigenvalue weighted by atomic mass is 16.2. The fourth-order valence-electron chi connectivity index (χ4n) is 1.93. The zero-order valence-corrected chi connectivity index (χ0v) is 10.0. The van der Waals surface area contributed by atoms with Crippen LogP contribution in [0.2, 0.25) is 0 Å². The molecule has 0 aliphatic carbocycles. The zero-order valence-electron chi connectivity index (χ0n) is 10.0. The molecule has 0 aromatic carbocycles. The summed E-state index contributed by atoms with van der Waals surface area (Å²) in [6, 6.07) is 3.79. The molecule has 17 heavy (non-hydrogen) atoms. The number of primary amides is 1. The van der Waals surface area contributed by atoms with Gasteiger partial charge < -0.3 is 10.6 Å². The Labute approximate surface area is 101 Å². The van der Waals surface area contributed by atoms with Crippen molar-refractivity contribution >= 4 is 11.6 Å². The molecular formula is C13H17N3O. The largest absolute Gasteiger partial charge is 0.351 e. The highest BCUT2D eigenvalue weighted by Crippen LogP contribution is 2.20. The summed E-state index contributed by atoms with van der Waals surface area (Å²) in [5.41, 5.74) is 8.68. The van der Waals surface area contributed by atoms with Gasteiger partial charge in [0.15, 0.2) is 0 Å². The van der Waals surface area contributed by atoms with E-state index in [4.69, 9.17) is 5.73 Å². The number of aromatic nitrogens is 1. The van der Waals surface area contributed by atoms with Crippen LogP contribution in [0.4, 0.5) is 4.79 Å². The van der Waals surface area contributed by atoms with E-state index in [2.05, 4.69) is 18.0 Å². The van der Waals surface area contributed by atoms with Gasteiger partial charge in [-0.25, -0.2) is 4.79 Å². The lowest BCUT2D eigenvalue weighted by Gasteiger charge is -2.24. The van der Waals surface area contributed by atoms with Crippen molar-refractivity contribution < 1.29 is 4.79 Å². The van der Waals surface area contributed by atoms with Gasteiger partial charge in [-0.15, -0.1) is 0 Å². The molecule has 0 bridgehead atoms. The molecule has 2 N–H and O–H groups in total. The Bertz CT molecular complexity index is 436. The second-order valence-electron chi connectivity index (χ2n) is 4.17. The van der Waals surface area contributed by atoms with Crippen LogP contribution in [0.1, 0.15) is 24.6 Å². The van der Waals surface area contributed by atoms with E-state index in [0.717, 1.165) is 18.5 Å². The Morgan fingerprint density at radius 3 is 2.82 bits per heavy atom. The van der Waals surface area contributed by atoms with Crippen LogP contribution in [-0.2, 0) is 6.42 Å². The molecule has 0 radical (unpaired) electrons. The molecule has 0 saturated heterocycles. The van der Waals surface area contributed by atoms with Crippen molar-refractivity contribution in [2.75, 3.05) is 13.1 Å². The van der Waals surface area contributed by atoms with Crippen LogP contribution in [-0.4, -0.2) is 29.0 Å².